The van der Waals surface area contributed by atoms with E-state index in [9.17, 15) is 4.79 Å². The van der Waals surface area contributed by atoms with Crippen molar-refractivity contribution in [3.05, 3.63) is 22.4 Å². The van der Waals surface area contributed by atoms with Gasteiger partial charge in [-0.1, -0.05) is 6.07 Å². The van der Waals surface area contributed by atoms with E-state index in [4.69, 9.17) is 11.6 Å². The van der Waals surface area contributed by atoms with Crippen molar-refractivity contribution in [2.45, 2.75) is 12.8 Å². The lowest BCUT2D eigenvalue weighted by molar-refractivity contribution is 0.0703. The third-order valence-electron chi connectivity index (χ3n) is 2.85. The summed E-state index contributed by atoms with van der Waals surface area (Å²) < 4.78 is 0. The number of likely N-dealkylation sites (tertiary alicyclic amines) is 1. The van der Waals surface area contributed by atoms with Crippen molar-refractivity contribution in [3.8, 4) is 0 Å². The molecule has 1 amide bonds. The van der Waals surface area contributed by atoms with E-state index < -0.39 is 0 Å². The third-order valence-corrected chi connectivity index (χ3v) is 4.15. The molecule has 2 heterocycles. The summed E-state index contributed by atoms with van der Waals surface area (Å²) in [5.41, 5.74) is 0. The van der Waals surface area contributed by atoms with Crippen LogP contribution in [0.15, 0.2) is 17.5 Å². The summed E-state index contributed by atoms with van der Waals surface area (Å²) in [6.45, 7) is 1.71. The predicted molar refractivity (Wildman–Crippen MR) is 63.7 cm³/mol. The Morgan fingerprint density at radius 1 is 1.53 bits per heavy atom. The summed E-state index contributed by atoms with van der Waals surface area (Å²) in [5.74, 6) is 1.50. The predicted octanol–water partition coefficient (Wildman–Crippen LogP) is 2.84. The third kappa shape index (κ3) is 2.52. The van der Waals surface area contributed by atoms with Gasteiger partial charge in [0.25, 0.3) is 5.91 Å². The second-order valence-electron chi connectivity index (χ2n) is 3.87. The van der Waals surface area contributed by atoms with Crippen LogP contribution in [0.25, 0.3) is 0 Å². The molecule has 0 atom stereocenters. The molecule has 1 aliphatic rings. The molecule has 0 saturated carbocycles. The van der Waals surface area contributed by atoms with E-state index >= 15 is 0 Å². The zero-order chi connectivity index (χ0) is 10.7. The molecule has 0 radical (unpaired) electrons. The first-order valence-electron chi connectivity index (χ1n) is 5.20. The summed E-state index contributed by atoms with van der Waals surface area (Å²) >= 11 is 7.32. The molecule has 1 fully saturated rings. The first kappa shape index (κ1) is 11.0. The molecule has 82 valence electrons. The number of halogens is 1. The van der Waals surface area contributed by atoms with Crippen LogP contribution in [-0.2, 0) is 0 Å². The Kier molecular flexibility index (Phi) is 3.65. The number of hydrogen-bond donors (Lipinski definition) is 0. The highest BCUT2D eigenvalue weighted by molar-refractivity contribution is 7.12. The molecule has 0 aromatic carbocycles. The van der Waals surface area contributed by atoms with Gasteiger partial charge in [-0.3, -0.25) is 4.79 Å². The average Bonchev–Trinajstić information content (AvgIpc) is 2.82. The van der Waals surface area contributed by atoms with Crippen LogP contribution in [0.4, 0.5) is 0 Å². The van der Waals surface area contributed by atoms with Crippen LogP contribution in [0.5, 0.6) is 0 Å². The van der Waals surface area contributed by atoms with Gasteiger partial charge in [0, 0.05) is 19.0 Å². The van der Waals surface area contributed by atoms with Crippen LogP contribution in [0.2, 0.25) is 0 Å². The Morgan fingerprint density at radius 2 is 2.27 bits per heavy atom. The van der Waals surface area contributed by atoms with E-state index in [1.165, 1.54) is 11.3 Å². The summed E-state index contributed by atoms with van der Waals surface area (Å²) in [6.07, 6.45) is 2.08. The first-order valence-corrected chi connectivity index (χ1v) is 6.61. The molecule has 15 heavy (non-hydrogen) atoms. The number of amides is 1. The summed E-state index contributed by atoms with van der Waals surface area (Å²) in [7, 11) is 0. The topological polar surface area (TPSA) is 20.3 Å². The Hall–Kier alpha value is -0.540. The fourth-order valence-corrected chi connectivity index (χ4v) is 2.85. The Labute approximate surface area is 98.8 Å². The Bertz CT molecular complexity index is 317. The monoisotopic (exact) mass is 243 g/mol. The van der Waals surface area contributed by atoms with Gasteiger partial charge in [0.1, 0.15) is 0 Å². The maximum absolute atomic E-state index is 12.0. The van der Waals surface area contributed by atoms with Gasteiger partial charge in [-0.25, -0.2) is 0 Å². The molecule has 4 heteroatoms. The Morgan fingerprint density at radius 3 is 2.80 bits per heavy atom. The Balaban J connectivity index is 1.93. The van der Waals surface area contributed by atoms with Crippen LogP contribution in [-0.4, -0.2) is 29.8 Å². The first-order chi connectivity index (χ1) is 7.31. The van der Waals surface area contributed by atoms with Crippen molar-refractivity contribution in [1.82, 2.24) is 4.90 Å². The highest BCUT2D eigenvalue weighted by Gasteiger charge is 2.23. The van der Waals surface area contributed by atoms with E-state index in [0.29, 0.717) is 5.92 Å². The van der Waals surface area contributed by atoms with Gasteiger partial charge in [-0.05, 0) is 30.2 Å². The van der Waals surface area contributed by atoms with E-state index in [1.807, 2.05) is 22.4 Å². The number of nitrogens with zero attached hydrogens (tertiary/aromatic N) is 1. The molecule has 1 saturated heterocycles. The zero-order valence-corrected chi connectivity index (χ0v) is 10.1. The number of hydrogen-bond acceptors (Lipinski definition) is 2. The molecular weight excluding hydrogens is 230 g/mol. The lowest BCUT2D eigenvalue weighted by Crippen LogP contribution is -2.38. The van der Waals surface area contributed by atoms with Gasteiger partial charge in [-0.2, -0.15) is 0 Å². The molecular formula is C11H14ClNOS. The smallest absolute Gasteiger partial charge is 0.263 e. The van der Waals surface area contributed by atoms with E-state index in [-0.39, 0.29) is 5.91 Å². The number of thiophene rings is 1. The molecule has 0 bridgehead atoms. The average molecular weight is 244 g/mol. The van der Waals surface area contributed by atoms with Crippen molar-refractivity contribution in [2.24, 2.45) is 5.92 Å². The molecule has 1 aromatic rings. The van der Waals surface area contributed by atoms with Gasteiger partial charge < -0.3 is 4.90 Å². The molecule has 2 nitrogen and oxygen atoms in total. The largest absolute Gasteiger partial charge is 0.338 e. The highest BCUT2D eigenvalue weighted by Crippen LogP contribution is 2.21. The minimum absolute atomic E-state index is 0.179. The van der Waals surface area contributed by atoms with Crippen molar-refractivity contribution in [1.29, 1.82) is 0 Å². The second kappa shape index (κ2) is 4.99. The van der Waals surface area contributed by atoms with E-state index in [2.05, 4.69) is 0 Å². The number of piperidine rings is 1. The second-order valence-corrected chi connectivity index (χ2v) is 5.12. The van der Waals surface area contributed by atoms with Gasteiger partial charge in [0.05, 0.1) is 4.88 Å². The molecule has 0 N–H and O–H groups in total. The summed E-state index contributed by atoms with van der Waals surface area (Å²) in [6, 6.07) is 3.81. The van der Waals surface area contributed by atoms with Crippen LogP contribution in [0.3, 0.4) is 0 Å². The summed E-state index contributed by atoms with van der Waals surface area (Å²) in [4.78, 5) is 14.7. The number of carbonyl (C=O) groups is 1. The van der Waals surface area contributed by atoms with Gasteiger partial charge in [0.2, 0.25) is 0 Å². The van der Waals surface area contributed by atoms with Crippen LogP contribution in [0.1, 0.15) is 22.5 Å². The van der Waals surface area contributed by atoms with Crippen molar-refractivity contribution >= 4 is 28.8 Å². The maximum atomic E-state index is 12.0. The van der Waals surface area contributed by atoms with Crippen LogP contribution >= 0.6 is 22.9 Å². The van der Waals surface area contributed by atoms with E-state index in [1.54, 1.807) is 0 Å². The fraction of sp³-hybridized carbons (Fsp3) is 0.545. The number of carbonyl (C=O) groups excluding carboxylic acids is 1. The quantitative estimate of drug-likeness (QED) is 0.732. The minimum Gasteiger partial charge on any atom is -0.338 e. The highest BCUT2D eigenvalue weighted by atomic mass is 35.5. The van der Waals surface area contributed by atoms with E-state index in [0.717, 1.165) is 36.7 Å². The minimum atomic E-state index is 0.179. The number of rotatable bonds is 2. The number of alkyl halides is 1. The van der Waals surface area contributed by atoms with Gasteiger partial charge in [-0.15, -0.1) is 22.9 Å². The lowest BCUT2D eigenvalue weighted by Gasteiger charge is -2.30. The van der Waals surface area contributed by atoms with Gasteiger partial charge in [0.15, 0.2) is 0 Å². The molecule has 0 aliphatic carbocycles. The van der Waals surface area contributed by atoms with Crippen LogP contribution < -0.4 is 0 Å². The fourth-order valence-electron chi connectivity index (χ4n) is 1.85. The SMILES string of the molecule is O=C(c1cccs1)N1CCC(CCl)CC1. The molecule has 0 unspecified atom stereocenters. The van der Waals surface area contributed by atoms with Crippen molar-refractivity contribution in [2.75, 3.05) is 19.0 Å². The standard InChI is InChI=1S/C11H14ClNOS/c12-8-9-3-5-13(6-4-9)11(14)10-2-1-7-15-10/h1-2,7,9H,3-6,8H2. The molecule has 1 aliphatic heterocycles. The molecule has 0 spiro atoms. The summed E-state index contributed by atoms with van der Waals surface area (Å²) in [5, 5.41) is 1.94. The van der Waals surface area contributed by atoms with Gasteiger partial charge >= 0.3 is 0 Å². The zero-order valence-electron chi connectivity index (χ0n) is 8.49. The van der Waals surface area contributed by atoms with Crippen molar-refractivity contribution < 1.29 is 4.79 Å². The molecule has 1 aromatic heterocycles. The normalized spacial score (nSPS) is 18.1. The maximum Gasteiger partial charge on any atom is 0.263 e. The van der Waals surface area contributed by atoms with Crippen molar-refractivity contribution in [3.63, 3.8) is 0 Å². The van der Waals surface area contributed by atoms with Crippen LogP contribution in [0, 0.1) is 5.92 Å². The lowest BCUT2D eigenvalue weighted by atomic mass is 9.99. The molecule has 2 rings (SSSR count).